The molecule has 174 valence electrons. The molecule has 0 fully saturated rings. The molecule has 3 aromatic rings. The Morgan fingerprint density at radius 3 is 2.26 bits per heavy atom. The number of benzene rings is 3. The first-order chi connectivity index (χ1) is 16.2. The monoisotopic (exact) mass is 480 g/mol. The molecule has 0 aliphatic heterocycles. The zero-order valence-electron chi connectivity index (χ0n) is 17.9. The van der Waals surface area contributed by atoms with Crippen molar-refractivity contribution in [2.24, 2.45) is 0 Å². The number of carbonyl (C=O) groups is 3. The smallest absolute Gasteiger partial charge is 0.270 e. The van der Waals surface area contributed by atoms with E-state index in [0.717, 1.165) is 17.0 Å². The van der Waals surface area contributed by atoms with Crippen molar-refractivity contribution in [3.63, 3.8) is 0 Å². The van der Waals surface area contributed by atoms with Gasteiger partial charge in [-0.1, -0.05) is 54.1 Å². The maximum Gasteiger partial charge on any atom is 0.270 e. The molecule has 0 radical (unpaired) electrons. The summed E-state index contributed by atoms with van der Waals surface area (Å²) in [6.45, 7) is 1.28. The maximum atomic E-state index is 13.1. The number of nitro groups is 1. The number of ketones is 1. The number of halogens is 1. The molecule has 9 nitrogen and oxygen atoms in total. The highest BCUT2D eigenvalue weighted by Gasteiger charge is 2.25. The van der Waals surface area contributed by atoms with Crippen molar-refractivity contribution < 1.29 is 24.4 Å². The Labute approximate surface area is 199 Å². The van der Waals surface area contributed by atoms with Crippen molar-refractivity contribution in [2.75, 3.05) is 5.32 Å². The number of amides is 2. The second-order valence-electron chi connectivity index (χ2n) is 7.34. The molecule has 10 heteroatoms. The number of nitrogens with zero attached hydrogens (tertiary/aromatic N) is 2. The van der Waals surface area contributed by atoms with Gasteiger partial charge in [-0.15, -0.1) is 0 Å². The molecule has 0 aliphatic rings. The van der Waals surface area contributed by atoms with Gasteiger partial charge in [0.05, 0.1) is 21.2 Å². The van der Waals surface area contributed by atoms with E-state index in [4.69, 9.17) is 11.6 Å². The van der Waals surface area contributed by atoms with E-state index < -0.39 is 28.7 Å². The lowest BCUT2D eigenvalue weighted by molar-refractivity contribution is -0.384. The molecular formula is C24H19ClN3O6-. The first kappa shape index (κ1) is 24.4. The van der Waals surface area contributed by atoms with Crippen molar-refractivity contribution in [3.8, 4) is 0 Å². The van der Waals surface area contributed by atoms with Gasteiger partial charge in [0.25, 0.3) is 5.69 Å². The van der Waals surface area contributed by atoms with E-state index in [1.165, 1.54) is 25.1 Å². The summed E-state index contributed by atoms with van der Waals surface area (Å²) in [4.78, 5) is 49.2. The van der Waals surface area contributed by atoms with Crippen LogP contribution in [-0.4, -0.2) is 33.6 Å². The lowest BCUT2D eigenvalue weighted by Gasteiger charge is -2.31. The Morgan fingerprint density at radius 1 is 1.00 bits per heavy atom. The molecule has 0 aromatic heterocycles. The molecule has 3 rings (SSSR count). The minimum Gasteiger partial charge on any atom is -0.530 e. The molecule has 1 unspecified atom stereocenters. The van der Waals surface area contributed by atoms with E-state index in [1.807, 2.05) is 0 Å². The second kappa shape index (κ2) is 10.6. The maximum absolute atomic E-state index is 13.1. The van der Waals surface area contributed by atoms with Crippen molar-refractivity contribution in [2.45, 2.75) is 19.5 Å². The normalized spacial score (nSPS) is 11.4. The summed E-state index contributed by atoms with van der Waals surface area (Å²) >= 11 is 6.11. The Bertz CT molecular complexity index is 1250. The van der Waals surface area contributed by atoms with Gasteiger partial charge in [-0.25, -0.2) is 0 Å². The van der Waals surface area contributed by atoms with Crippen LogP contribution in [-0.2, 0) is 11.3 Å². The molecule has 3 aromatic carbocycles. The molecule has 0 aliphatic carbocycles. The molecule has 0 spiro atoms. The third kappa shape index (κ3) is 5.57. The van der Waals surface area contributed by atoms with E-state index in [9.17, 15) is 29.6 Å². The number of hydrogen-bond donors (Lipinski definition) is 1. The molecule has 1 atom stereocenters. The van der Waals surface area contributed by atoms with Crippen molar-refractivity contribution in [3.05, 3.63) is 105 Å². The van der Waals surface area contributed by atoms with Gasteiger partial charge in [-0.2, -0.15) is 0 Å². The van der Waals surface area contributed by atoms with Gasteiger partial charge in [0, 0.05) is 24.2 Å². The summed E-state index contributed by atoms with van der Waals surface area (Å²) in [6.07, 6.45) is -1.55. The largest absolute Gasteiger partial charge is 0.530 e. The zero-order valence-corrected chi connectivity index (χ0v) is 18.7. The van der Waals surface area contributed by atoms with Gasteiger partial charge in [-0.3, -0.25) is 19.7 Å². The van der Waals surface area contributed by atoms with Gasteiger partial charge in [0.15, 0.2) is 5.78 Å². The lowest BCUT2D eigenvalue weighted by Crippen LogP contribution is -2.50. The van der Waals surface area contributed by atoms with E-state index in [-0.39, 0.29) is 34.1 Å². The number of hydrogen-bond acceptors (Lipinski definition) is 6. The molecule has 0 saturated carbocycles. The van der Waals surface area contributed by atoms with E-state index in [2.05, 4.69) is 5.32 Å². The predicted octanol–water partition coefficient (Wildman–Crippen LogP) is 3.65. The van der Waals surface area contributed by atoms with Gasteiger partial charge in [0.2, 0.25) is 5.91 Å². The predicted molar refractivity (Wildman–Crippen MR) is 123 cm³/mol. The minimum atomic E-state index is -1.55. The number of carbonyl (C=O) groups excluding carboxylic acids is 3. The third-order valence-electron chi connectivity index (χ3n) is 5.11. The van der Waals surface area contributed by atoms with Crippen LogP contribution in [0.2, 0.25) is 5.02 Å². The number of anilines is 1. The van der Waals surface area contributed by atoms with E-state index in [1.54, 1.807) is 42.5 Å². The number of nitrogens with one attached hydrogen (secondary N) is 1. The number of rotatable bonds is 8. The van der Waals surface area contributed by atoms with Gasteiger partial charge in [0.1, 0.15) is 12.1 Å². The second-order valence-corrected chi connectivity index (χ2v) is 7.75. The van der Waals surface area contributed by atoms with Crippen LogP contribution >= 0.6 is 11.6 Å². The summed E-state index contributed by atoms with van der Waals surface area (Å²) in [5.41, 5.74) is 0.197. The standard InChI is InChI=1S/C24H20ClN3O6/c1-15(27(24(31)32)14-16-7-3-2-4-8-16)23(30)26-21-12-11-17(28(33)34)13-19(21)22(29)18-9-5-6-10-20(18)25/h2-13,15H,14H2,1H3,(H,26,30)(H,31,32)/p-1. The van der Waals surface area contributed by atoms with Crippen LogP contribution in [0.1, 0.15) is 28.4 Å². The fourth-order valence-corrected chi connectivity index (χ4v) is 3.47. The molecule has 2 amide bonds. The van der Waals surface area contributed by atoms with Crippen LogP contribution < -0.4 is 10.4 Å². The van der Waals surface area contributed by atoms with Crippen LogP contribution in [0, 0.1) is 10.1 Å². The first-order valence-electron chi connectivity index (χ1n) is 10.1. The number of nitro benzene ring substituents is 1. The summed E-state index contributed by atoms with van der Waals surface area (Å²) in [7, 11) is 0. The Hall–Kier alpha value is -4.24. The van der Waals surface area contributed by atoms with Crippen LogP contribution in [0.25, 0.3) is 0 Å². The van der Waals surface area contributed by atoms with Gasteiger partial charge < -0.3 is 20.1 Å². The van der Waals surface area contributed by atoms with Crippen molar-refractivity contribution in [1.29, 1.82) is 0 Å². The Morgan fingerprint density at radius 2 is 1.65 bits per heavy atom. The van der Waals surface area contributed by atoms with E-state index in [0.29, 0.717) is 5.56 Å². The fraction of sp³-hybridized carbons (Fsp3) is 0.125. The quantitative estimate of drug-likeness (QED) is 0.297. The minimum absolute atomic E-state index is 0.0228. The molecular weight excluding hydrogens is 462 g/mol. The Balaban J connectivity index is 1.92. The summed E-state index contributed by atoms with van der Waals surface area (Å²) in [5, 5.41) is 25.6. The molecule has 34 heavy (non-hydrogen) atoms. The average molecular weight is 481 g/mol. The van der Waals surface area contributed by atoms with Crippen molar-refractivity contribution >= 4 is 40.8 Å². The van der Waals surface area contributed by atoms with Crippen LogP contribution in [0.4, 0.5) is 16.2 Å². The third-order valence-corrected chi connectivity index (χ3v) is 5.44. The highest BCUT2D eigenvalue weighted by atomic mass is 35.5. The molecule has 0 bridgehead atoms. The van der Waals surface area contributed by atoms with Gasteiger partial charge >= 0.3 is 0 Å². The lowest BCUT2D eigenvalue weighted by atomic mass is 10.0. The molecule has 1 N–H and O–H groups in total. The molecule has 0 saturated heterocycles. The summed E-state index contributed by atoms with van der Waals surface area (Å²) < 4.78 is 0. The van der Waals surface area contributed by atoms with Crippen molar-refractivity contribution in [1.82, 2.24) is 4.90 Å². The SMILES string of the molecule is CC(C(=O)Nc1ccc([N+](=O)[O-])cc1C(=O)c1ccccc1Cl)N(Cc1ccccc1)C(=O)[O-]. The highest BCUT2D eigenvalue weighted by Crippen LogP contribution is 2.28. The fourth-order valence-electron chi connectivity index (χ4n) is 3.25. The molecule has 0 heterocycles. The topological polar surface area (TPSA) is 133 Å². The van der Waals surface area contributed by atoms with Gasteiger partial charge in [-0.05, 0) is 30.7 Å². The summed E-state index contributed by atoms with van der Waals surface area (Å²) in [6, 6.07) is 17.0. The number of non-ortho nitro benzene ring substituents is 1. The summed E-state index contributed by atoms with van der Waals surface area (Å²) in [5.74, 6) is -1.39. The van der Waals surface area contributed by atoms with Crippen LogP contribution in [0.5, 0.6) is 0 Å². The van der Waals surface area contributed by atoms with E-state index >= 15 is 0 Å². The Kier molecular flexibility index (Phi) is 7.60. The van der Waals surface area contributed by atoms with Crippen LogP contribution in [0.15, 0.2) is 72.8 Å². The first-order valence-corrected chi connectivity index (χ1v) is 10.5. The highest BCUT2D eigenvalue weighted by molar-refractivity contribution is 6.35. The van der Waals surface area contributed by atoms with Crippen LogP contribution in [0.3, 0.4) is 0 Å². The zero-order chi connectivity index (χ0) is 24.8. The number of carboxylic acid groups (broad SMARTS) is 1. The average Bonchev–Trinajstić information content (AvgIpc) is 2.82.